The van der Waals surface area contributed by atoms with Gasteiger partial charge in [0, 0.05) is 19.2 Å². The minimum Gasteiger partial charge on any atom is -0.481 e. The maximum atomic E-state index is 13.6. The second kappa shape index (κ2) is 6.02. The summed E-state index contributed by atoms with van der Waals surface area (Å²) in [6.07, 6.45) is 0.192. The van der Waals surface area contributed by atoms with E-state index in [1.54, 1.807) is 0 Å². The van der Waals surface area contributed by atoms with E-state index >= 15 is 0 Å². The van der Waals surface area contributed by atoms with Gasteiger partial charge in [0.1, 0.15) is 11.6 Å². The second-order valence-corrected chi connectivity index (χ2v) is 6.09. The van der Waals surface area contributed by atoms with Crippen LogP contribution in [-0.2, 0) is 16.0 Å². The summed E-state index contributed by atoms with van der Waals surface area (Å²) in [5.74, 6) is -2.81. The van der Waals surface area contributed by atoms with Crippen molar-refractivity contribution in [3.05, 3.63) is 35.4 Å². The molecule has 120 valence electrons. The number of carboxylic acids is 1. The van der Waals surface area contributed by atoms with Crippen molar-refractivity contribution in [2.75, 3.05) is 13.1 Å². The second-order valence-electron chi connectivity index (χ2n) is 6.09. The Morgan fingerprint density at radius 1 is 1.36 bits per heavy atom. The van der Waals surface area contributed by atoms with Crippen LogP contribution >= 0.6 is 0 Å². The first-order valence-electron chi connectivity index (χ1n) is 7.21. The molecule has 1 aromatic rings. The third kappa shape index (κ3) is 2.96. The average molecular weight is 311 g/mol. The Kier molecular flexibility index (Phi) is 4.49. The highest BCUT2D eigenvalue weighted by molar-refractivity contribution is 5.82. The highest BCUT2D eigenvalue weighted by Crippen LogP contribution is 2.38. The molecule has 1 aromatic carbocycles. The molecule has 0 bridgehead atoms. The summed E-state index contributed by atoms with van der Waals surface area (Å²) in [6.45, 7) is 4.11. The van der Waals surface area contributed by atoms with Crippen LogP contribution in [0.3, 0.4) is 0 Å². The van der Waals surface area contributed by atoms with Gasteiger partial charge in [-0.25, -0.2) is 8.78 Å². The van der Waals surface area contributed by atoms with Crippen molar-refractivity contribution in [2.24, 2.45) is 11.3 Å². The maximum absolute atomic E-state index is 13.6. The Labute approximate surface area is 127 Å². The molecule has 22 heavy (non-hydrogen) atoms. The number of likely N-dealkylation sites (tertiary alicyclic amines) is 1. The van der Waals surface area contributed by atoms with Crippen LogP contribution < -0.4 is 0 Å². The van der Waals surface area contributed by atoms with Gasteiger partial charge in [0.2, 0.25) is 5.91 Å². The fraction of sp³-hybridized carbons (Fsp3) is 0.500. The van der Waals surface area contributed by atoms with Crippen molar-refractivity contribution in [2.45, 2.75) is 26.7 Å². The van der Waals surface area contributed by atoms with Crippen LogP contribution in [0.2, 0.25) is 0 Å². The Morgan fingerprint density at radius 3 is 2.55 bits per heavy atom. The normalized spacial score (nSPS) is 21.4. The molecule has 0 aromatic heterocycles. The fourth-order valence-corrected chi connectivity index (χ4v) is 2.88. The molecule has 0 saturated carbocycles. The van der Waals surface area contributed by atoms with E-state index in [0.29, 0.717) is 13.0 Å². The van der Waals surface area contributed by atoms with Crippen molar-refractivity contribution < 1.29 is 23.5 Å². The van der Waals surface area contributed by atoms with Gasteiger partial charge in [-0.1, -0.05) is 19.9 Å². The Morgan fingerprint density at radius 2 is 2.05 bits per heavy atom. The van der Waals surface area contributed by atoms with Gasteiger partial charge in [0.25, 0.3) is 0 Å². The van der Waals surface area contributed by atoms with Gasteiger partial charge < -0.3 is 10.0 Å². The molecule has 0 spiro atoms. The molecule has 1 atom stereocenters. The number of amides is 1. The molecular weight excluding hydrogens is 292 g/mol. The van der Waals surface area contributed by atoms with Crippen molar-refractivity contribution in [1.29, 1.82) is 0 Å². The number of nitrogens with zero attached hydrogens (tertiary/aromatic N) is 1. The molecule has 1 aliphatic rings. The lowest BCUT2D eigenvalue weighted by molar-refractivity contribution is -0.151. The standard InChI is InChI=1S/C16H19F2NO3/c1-10(2)16(15(21)22)5-6-19(9-16)14(20)7-11-3-4-12(17)8-13(11)18/h3-4,8,10H,5-7,9H2,1-2H3,(H,21,22). The molecule has 1 aliphatic heterocycles. The number of benzene rings is 1. The summed E-state index contributed by atoms with van der Waals surface area (Å²) in [4.78, 5) is 25.3. The predicted molar refractivity (Wildman–Crippen MR) is 76.2 cm³/mol. The zero-order chi connectivity index (χ0) is 16.5. The van der Waals surface area contributed by atoms with Crippen molar-refractivity contribution in [1.82, 2.24) is 4.90 Å². The number of carboxylic acid groups (broad SMARTS) is 1. The third-order valence-corrected chi connectivity index (χ3v) is 4.54. The lowest BCUT2D eigenvalue weighted by Crippen LogP contribution is -2.41. The molecule has 1 unspecified atom stereocenters. The molecule has 1 fully saturated rings. The number of carbonyl (C=O) groups is 2. The van der Waals surface area contributed by atoms with Crippen LogP contribution in [0.25, 0.3) is 0 Å². The quantitative estimate of drug-likeness (QED) is 0.929. The zero-order valence-corrected chi connectivity index (χ0v) is 12.6. The van der Waals surface area contributed by atoms with Gasteiger partial charge in [-0.3, -0.25) is 9.59 Å². The van der Waals surface area contributed by atoms with E-state index in [1.807, 2.05) is 13.8 Å². The van der Waals surface area contributed by atoms with Gasteiger partial charge in [0.15, 0.2) is 0 Å². The molecular formula is C16H19F2NO3. The highest BCUT2D eigenvalue weighted by Gasteiger charge is 2.48. The van der Waals surface area contributed by atoms with Crippen molar-refractivity contribution in [3.8, 4) is 0 Å². The van der Waals surface area contributed by atoms with Crippen LogP contribution in [0, 0.1) is 23.0 Å². The van der Waals surface area contributed by atoms with E-state index in [4.69, 9.17) is 0 Å². The molecule has 0 radical (unpaired) electrons. The summed E-state index contributed by atoms with van der Waals surface area (Å²) >= 11 is 0. The first kappa shape index (κ1) is 16.4. The number of aliphatic carboxylic acids is 1. The number of carbonyl (C=O) groups excluding carboxylic acids is 1. The fourth-order valence-electron chi connectivity index (χ4n) is 2.88. The number of hydrogen-bond donors (Lipinski definition) is 1. The molecule has 4 nitrogen and oxygen atoms in total. The van der Waals surface area contributed by atoms with Gasteiger partial charge in [0.05, 0.1) is 11.8 Å². The van der Waals surface area contributed by atoms with Gasteiger partial charge >= 0.3 is 5.97 Å². The van der Waals surface area contributed by atoms with E-state index in [1.165, 1.54) is 11.0 Å². The average Bonchev–Trinajstić information content (AvgIpc) is 2.88. The van der Waals surface area contributed by atoms with Crippen molar-refractivity contribution >= 4 is 11.9 Å². The minimum absolute atomic E-state index is 0.106. The molecule has 1 N–H and O–H groups in total. The van der Waals surface area contributed by atoms with Gasteiger partial charge in [-0.05, 0) is 24.0 Å². The zero-order valence-electron chi connectivity index (χ0n) is 12.6. The van der Waals surface area contributed by atoms with Crippen molar-refractivity contribution in [3.63, 3.8) is 0 Å². The lowest BCUT2D eigenvalue weighted by atomic mass is 9.76. The summed E-state index contributed by atoms with van der Waals surface area (Å²) in [7, 11) is 0. The molecule has 1 amide bonds. The molecule has 1 heterocycles. The maximum Gasteiger partial charge on any atom is 0.311 e. The summed E-state index contributed by atoms with van der Waals surface area (Å²) < 4.78 is 26.5. The van der Waals surface area contributed by atoms with E-state index in [9.17, 15) is 23.5 Å². The number of hydrogen-bond acceptors (Lipinski definition) is 2. The Bertz CT molecular complexity index is 603. The van der Waals surface area contributed by atoms with Crippen LogP contribution in [0.15, 0.2) is 18.2 Å². The third-order valence-electron chi connectivity index (χ3n) is 4.54. The molecule has 6 heteroatoms. The number of rotatable bonds is 4. The smallest absolute Gasteiger partial charge is 0.311 e. The SMILES string of the molecule is CC(C)C1(C(=O)O)CCN(C(=O)Cc2ccc(F)cc2F)C1. The van der Waals surface area contributed by atoms with Gasteiger partial charge in [-0.15, -0.1) is 0 Å². The number of halogens is 2. The van der Waals surface area contributed by atoms with Crippen LogP contribution in [0.1, 0.15) is 25.8 Å². The van der Waals surface area contributed by atoms with E-state index < -0.39 is 23.0 Å². The molecule has 1 saturated heterocycles. The molecule has 2 rings (SSSR count). The summed E-state index contributed by atoms with van der Waals surface area (Å²) in [6, 6.07) is 3.08. The predicted octanol–water partition coefficient (Wildman–Crippen LogP) is 2.47. The van der Waals surface area contributed by atoms with E-state index in [0.717, 1.165) is 12.1 Å². The van der Waals surface area contributed by atoms with Gasteiger partial charge in [-0.2, -0.15) is 0 Å². The van der Waals surface area contributed by atoms with Crippen LogP contribution in [0.5, 0.6) is 0 Å². The monoisotopic (exact) mass is 311 g/mol. The highest BCUT2D eigenvalue weighted by atomic mass is 19.1. The van der Waals surface area contributed by atoms with E-state index in [-0.39, 0.29) is 30.4 Å². The Balaban J connectivity index is 2.10. The first-order chi connectivity index (χ1) is 10.3. The Hall–Kier alpha value is -1.98. The van der Waals surface area contributed by atoms with Crippen LogP contribution in [0.4, 0.5) is 8.78 Å². The summed E-state index contributed by atoms with van der Waals surface area (Å²) in [5, 5.41) is 9.46. The topological polar surface area (TPSA) is 57.6 Å². The lowest BCUT2D eigenvalue weighted by Gasteiger charge is -2.28. The first-order valence-corrected chi connectivity index (χ1v) is 7.21. The van der Waals surface area contributed by atoms with E-state index in [2.05, 4.69) is 0 Å². The summed E-state index contributed by atoms with van der Waals surface area (Å²) in [5.41, 5.74) is -0.833. The van der Waals surface area contributed by atoms with Crippen LogP contribution in [-0.4, -0.2) is 35.0 Å². The molecule has 0 aliphatic carbocycles. The minimum atomic E-state index is -0.947. The largest absolute Gasteiger partial charge is 0.481 e.